The van der Waals surface area contributed by atoms with Crippen molar-refractivity contribution in [3.05, 3.63) is 62.7 Å². The van der Waals surface area contributed by atoms with Crippen molar-refractivity contribution in [3.63, 3.8) is 0 Å². The lowest BCUT2D eigenvalue weighted by atomic mass is 10.1. The van der Waals surface area contributed by atoms with Gasteiger partial charge in [-0.05, 0) is 49.2 Å². The van der Waals surface area contributed by atoms with E-state index in [0.717, 1.165) is 10.7 Å². The molecule has 1 aromatic heterocycles. The number of hydrogen-bond donors (Lipinski definition) is 0. The highest BCUT2D eigenvalue weighted by molar-refractivity contribution is 7.92. The Balaban J connectivity index is 1.47. The molecule has 2 heterocycles. The van der Waals surface area contributed by atoms with Gasteiger partial charge in [0.1, 0.15) is 5.82 Å². The van der Waals surface area contributed by atoms with E-state index in [0.29, 0.717) is 41.7 Å². The molecule has 1 fully saturated rings. The zero-order valence-corrected chi connectivity index (χ0v) is 19.4. The number of halogens is 4. The van der Waals surface area contributed by atoms with E-state index in [1.165, 1.54) is 35.6 Å². The number of hydrogen-bond acceptors (Lipinski definition) is 5. The van der Waals surface area contributed by atoms with Crippen molar-refractivity contribution < 1.29 is 12.8 Å². The highest BCUT2D eigenvalue weighted by Gasteiger charge is 2.32. The zero-order chi connectivity index (χ0) is 21.5. The SMILES string of the molecule is O=S(=O)(c1cc(Cl)cc(Cl)c1)C1CCN(c2nc(-c3ccc(F)c(Cl)c3)cs2)CC1. The number of sulfone groups is 1. The smallest absolute Gasteiger partial charge is 0.185 e. The summed E-state index contributed by atoms with van der Waals surface area (Å²) in [6, 6.07) is 8.89. The van der Waals surface area contributed by atoms with E-state index in [1.54, 1.807) is 12.1 Å². The maximum atomic E-state index is 13.4. The van der Waals surface area contributed by atoms with E-state index in [-0.39, 0.29) is 9.92 Å². The summed E-state index contributed by atoms with van der Waals surface area (Å²) in [5, 5.41) is 2.83. The van der Waals surface area contributed by atoms with Gasteiger partial charge in [0.25, 0.3) is 0 Å². The first-order valence-electron chi connectivity index (χ1n) is 9.10. The fourth-order valence-electron chi connectivity index (χ4n) is 3.44. The summed E-state index contributed by atoms with van der Waals surface area (Å²) in [4.78, 5) is 6.84. The summed E-state index contributed by atoms with van der Waals surface area (Å²) in [5.41, 5.74) is 1.44. The molecular formula is C20H16Cl3FN2O2S2. The van der Waals surface area contributed by atoms with E-state index in [1.807, 2.05) is 5.38 Å². The average Bonchev–Trinajstić information content (AvgIpc) is 3.20. The largest absolute Gasteiger partial charge is 0.348 e. The first-order chi connectivity index (χ1) is 14.2. The van der Waals surface area contributed by atoms with Gasteiger partial charge in [0, 0.05) is 34.1 Å². The van der Waals surface area contributed by atoms with Gasteiger partial charge < -0.3 is 4.90 Å². The molecule has 1 aliphatic heterocycles. The Hall–Kier alpha value is -1.38. The van der Waals surface area contributed by atoms with Crippen molar-refractivity contribution in [2.24, 2.45) is 0 Å². The van der Waals surface area contributed by atoms with Crippen molar-refractivity contribution in [1.82, 2.24) is 4.98 Å². The summed E-state index contributed by atoms with van der Waals surface area (Å²) in [6.07, 6.45) is 0.952. The minimum absolute atomic E-state index is 0.0502. The Kier molecular flexibility index (Phi) is 6.28. The molecule has 4 nitrogen and oxygen atoms in total. The Morgan fingerprint density at radius 3 is 2.33 bits per heavy atom. The predicted octanol–water partition coefficient (Wildman–Crippen LogP) is 6.35. The van der Waals surface area contributed by atoms with Crippen LogP contribution in [0.4, 0.5) is 9.52 Å². The van der Waals surface area contributed by atoms with Crippen LogP contribution in [0.1, 0.15) is 12.8 Å². The molecule has 0 aliphatic carbocycles. The van der Waals surface area contributed by atoms with Crippen LogP contribution in [0, 0.1) is 5.82 Å². The first kappa shape index (κ1) is 21.8. The highest BCUT2D eigenvalue weighted by Crippen LogP contribution is 2.33. The third-order valence-corrected chi connectivity index (χ3v) is 8.89. The quantitative estimate of drug-likeness (QED) is 0.414. The Morgan fingerprint density at radius 2 is 1.70 bits per heavy atom. The Morgan fingerprint density at radius 1 is 1.03 bits per heavy atom. The maximum absolute atomic E-state index is 13.4. The molecule has 4 rings (SSSR count). The molecule has 0 amide bonds. The van der Waals surface area contributed by atoms with E-state index < -0.39 is 20.9 Å². The van der Waals surface area contributed by atoms with E-state index in [2.05, 4.69) is 9.88 Å². The van der Waals surface area contributed by atoms with Gasteiger partial charge in [-0.2, -0.15) is 0 Å². The lowest BCUT2D eigenvalue weighted by Gasteiger charge is -2.31. The van der Waals surface area contributed by atoms with Crippen LogP contribution in [0.25, 0.3) is 11.3 Å². The van der Waals surface area contributed by atoms with Crippen LogP contribution >= 0.6 is 46.1 Å². The normalized spacial score (nSPS) is 15.5. The molecule has 0 bridgehead atoms. The molecule has 0 radical (unpaired) electrons. The fraction of sp³-hybridized carbons (Fsp3) is 0.250. The standard InChI is InChI=1S/C20H16Cl3FN2O2S2/c21-13-8-14(22)10-16(9-13)30(27,28)15-3-5-26(6-4-15)20-25-19(11-29-20)12-1-2-18(24)17(23)7-12/h1-2,7-11,15H,3-6H2. The molecule has 0 atom stereocenters. The number of piperidine rings is 1. The second-order valence-corrected chi connectivity index (χ2v) is 11.3. The van der Waals surface area contributed by atoms with Crippen molar-refractivity contribution in [3.8, 4) is 11.3 Å². The number of rotatable bonds is 4. The summed E-state index contributed by atoms with van der Waals surface area (Å²) in [6.45, 7) is 1.13. The lowest BCUT2D eigenvalue weighted by molar-refractivity contribution is 0.529. The van der Waals surface area contributed by atoms with E-state index >= 15 is 0 Å². The van der Waals surface area contributed by atoms with Gasteiger partial charge in [0.2, 0.25) is 0 Å². The number of benzene rings is 2. The monoisotopic (exact) mass is 504 g/mol. The van der Waals surface area contributed by atoms with Gasteiger partial charge in [-0.1, -0.05) is 34.8 Å². The molecule has 3 aromatic rings. The van der Waals surface area contributed by atoms with Crippen LogP contribution < -0.4 is 4.90 Å². The average molecular weight is 506 g/mol. The van der Waals surface area contributed by atoms with Crippen LogP contribution in [0.15, 0.2) is 46.7 Å². The third-order valence-electron chi connectivity index (χ3n) is 5.02. The van der Waals surface area contributed by atoms with Crippen LogP contribution in [-0.4, -0.2) is 31.7 Å². The second-order valence-electron chi connectivity index (χ2n) is 6.98. The van der Waals surface area contributed by atoms with Gasteiger partial charge in [-0.15, -0.1) is 11.3 Å². The molecule has 1 saturated heterocycles. The molecule has 0 saturated carbocycles. The van der Waals surface area contributed by atoms with Crippen LogP contribution in [0.3, 0.4) is 0 Å². The van der Waals surface area contributed by atoms with Gasteiger partial charge in [-0.3, -0.25) is 0 Å². The molecule has 1 aliphatic rings. The van der Waals surface area contributed by atoms with Crippen LogP contribution in [0.2, 0.25) is 15.1 Å². The maximum Gasteiger partial charge on any atom is 0.185 e. The van der Waals surface area contributed by atoms with Gasteiger partial charge in [0.15, 0.2) is 15.0 Å². The van der Waals surface area contributed by atoms with Gasteiger partial charge in [-0.25, -0.2) is 17.8 Å². The number of thiazole rings is 1. The predicted molar refractivity (Wildman–Crippen MR) is 121 cm³/mol. The molecule has 30 heavy (non-hydrogen) atoms. The van der Waals surface area contributed by atoms with Crippen LogP contribution in [0.5, 0.6) is 0 Å². The van der Waals surface area contributed by atoms with Gasteiger partial charge in [0.05, 0.1) is 20.9 Å². The van der Waals surface area contributed by atoms with Crippen molar-refractivity contribution in [2.75, 3.05) is 18.0 Å². The summed E-state index contributed by atoms with van der Waals surface area (Å²) in [7, 11) is -3.52. The first-order valence-corrected chi connectivity index (χ1v) is 12.7. The lowest BCUT2D eigenvalue weighted by Crippen LogP contribution is -2.39. The number of anilines is 1. The molecule has 10 heteroatoms. The van der Waals surface area contributed by atoms with Gasteiger partial charge >= 0.3 is 0 Å². The number of aromatic nitrogens is 1. The Labute approximate surface area is 193 Å². The second kappa shape index (κ2) is 8.63. The molecule has 0 spiro atoms. The minimum Gasteiger partial charge on any atom is -0.348 e. The molecule has 0 unspecified atom stereocenters. The van der Waals surface area contributed by atoms with E-state index in [4.69, 9.17) is 34.8 Å². The highest BCUT2D eigenvalue weighted by atomic mass is 35.5. The van der Waals surface area contributed by atoms with Crippen molar-refractivity contribution in [1.29, 1.82) is 0 Å². The molecule has 158 valence electrons. The third kappa shape index (κ3) is 4.46. The fourth-order valence-corrected chi connectivity index (χ4v) is 6.96. The molecular weight excluding hydrogens is 490 g/mol. The summed E-state index contributed by atoms with van der Waals surface area (Å²) >= 11 is 19.3. The number of nitrogens with zero attached hydrogens (tertiary/aromatic N) is 2. The summed E-state index contributed by atoms with van der Waals surface area (Å²) in [5.74, 6) is -0.472. The van der Waals surface area contributed by atoms with Crippen molar-refractivity contribution in [2.45, 2.75) is 23.0 Å². The van der Waals surface area contributed by atoms with Crippen molar-refractivity contribution >= 4 is 61.1 Å². The summed E-state index contributed by atoms with van der Waals surface area (Å²) < 4.78 is 39.4. The minimum atomic E-state index is -3.52. The van der Waals surface area contributed by atoms with Crippen LogP contribution in [-0.2, 0) is 9.84 Å². The molecule has 2 aromatic carbocycles. The van der Waals surface area contributed by atoms with E-state index in [9.17, 15) is 12.8 Å². The zero-order valence-electron chi connectivity index (χ0n) is 15.5. The topological polar surface area (TPSA) is 50.3 Å². The Bertz CT molecular complexity index is 1170. The molecule has 0 N–H and O–H groups in total.